The van der Waals surface area contributed by atoms with E-state index < -0.39 is 0 Å². The molecule has 1 aliphatic carbocycles. The normalized spacial score (nSPS) is 16.1. The number of aryl methyl sites for hydroxylation is 1. The zero-order valence-corrected chi connectivity index (χ0v) is 14.7. The third kappa shape index (κ3) is 3.63. The number of thiazole rings is 1. The van der Waals surface area contributed by atoms with Crippen LogP contribution in [-0.4, -0.2) is 28.9 Å². The predicted octanol–water partition coefficient (Wildman–Crippen LogP) is 4.91. The summed E-state index contributed by atoms with van der Waals surface area (Å²) in [6.45, 7) is 1.97. The Balaban J connectivity index is 1.87. The van der Waals surface area contributed by atoms with Gasteiger partial charge in [0.15, 0.2) is 0 Å². The summed E-state index contributed by atoms with van der Waals surface area (Å²) < 4.78 is 0. The highest BCUT2D eigenvalue weighted by molar-refractivity contribution is 7.14. The number of aromatic nitrogens is 1. The molecule has 1 amide bonds. The molecule has 0 saturated heterocycles. The highest BCUT2D eigenvalue weighted by atomic mass is 32.1. The van der Waals surface area contributed by atoms with Crippen LogP contribution in [0.1, 0.15) is 53.2 Å². The van der Waals surface area contributed by atoms with Gasteiger partial charge in [0.2, 0.25) is 0 Å². The molecule has 1 fully saturated rings. The van der Waals surface area contributed by atoms with Crippen molar-refractivity contribution >= 4 is 17.2 Å². The highest BCUT2D eigenvalue weighted by Gasteiger charge is 2.26. The molecule has 1 aliphatic rings. The fraction of sp³-hybridized carbons (Fsp3) is 0.474. The SMILES string of the molecule is Cc1nc(-c2ccccc2)c(C(=O)N(C)C2CCCCCC2)s1. The van der Waals surface area contributed by atoms with Gasteiger partial charge in [0.1, 0.15) is 4.88 Å². The van der Waals surface area contributed by atoms with Gasteiger partial charge in [-0.15, -0.1) is 11.3 Å². The Morgan fingerprint density at radius 2 is 1.78 bits per heavy atom. The monoisotopic (exact) mass is 328 g/mol. The van der Waals surface area contributed by atoms with Crippen molar-refractivity contribution < 1.29 is 4.79 Å². The molecular formula is C19H24N2OS. The van der Waals surface area contributed by atoms with E-state index in [1.54, 1.807) is 0 Å². The largest absolute Gasteiger partial charge is 0.338 e. The third-order valence-corrected chi connectivity index (χ3v) is 5.63. The number of carbonyl (C=O) groups is 1. The van der Waals surface area contributed by atoms with Crippen molar-refractivity contribution in [2.24, 2.45) is 0 Å². The van der Waals surface area contributed by atoms with Crippen LogP contribution in [0.15, 0.2) is 30.3 Å². The van der Waals surface area contributed by atoms with Crippen LogP contribution in [0.25, 0.3) is 11.3 Å². The topological polar surface area (TPSA) is 33.2 Å². The third-order valence-electron chi connectivity index (χ3n) is 4.67. The minimum Gasteiger partial charge on any atom is -0.338 e. The summed E-state index contributed by atoms with van der Waals surface area (Å²) in [7, 11) is 1.96. The molecule has 0 unspecified atom stereocenters. The molecule has 0 aliphatic heterocycles. The maximum atomic E-state index is 13.1. The number of hydrogen-bond acceptors (Lipinski definition) is 3. The Bertz CT molecular complexity index is 657. The lowest BCUT2D eigenvalue weighted by Crippen LogP contribution is -2.36. The summed E-state index contributed by atoms with van der Waals surface area (Å²) in [4.78, 5) is 20.4. The van der Waals surface area contributed by atoms with E-state index in [1.165, 1.54) is 37.0 Å². The van der Waals surface area contributed by atoms with Crippen LogP contribution < -0.4 is 0 Å². The second-order valence-electron chi connectivity index (χ2n) is 6.34. The molecule has 3 rings (SSSR count). The fourth-order valence-electron chi connectivity index (χ4n) is 3.33. The average Bonchev–Trinajstić information content (AvgIpc) is 2.79. The average molecular weight is 328 g/mol. The van der Waals surface area contributed by atoms with Crippen molar-refractivity contribution in [1.29, 1.82) is 0 Å². The summed E-state index contributed by atoms with van der Waals surface area (Å²) in [5, 5.41) is 0.946. The van der Waals surface area contributed by atoms with Gasteiger partial charge in [-0.1, -0.05) is 56.0 Å². The van der Waals surface area contributed by atoms with Crippen molar-refractivity contribution in [2.45, 2.75) is 51.5 Å². The van der Waals surface area contributed by atoms with Gasteiger partial charge >= 0.3 is 0 Å². The first-order valence-corrected chi connectivity index (χ1v) is 9.28. The molecule has 2 aromatic rings. The molecule has 4 heteroatoms. The molecule has 122 valence electrons. The Kier molecular flexibility index (Phi) is 5.11. The lowest BCUT2D eigenvalue weighted by Gasteiger charge is -2.27. The summed E-state index contributed by atoms with van der Waals surface area (Å²) in [5.74, 6) is 0.126. The fourth-order valence-corrected chi connectivity index (χ4v) is 4.26. The lowest BCUT2D eigenvalue weighted by molar-refractivity contribution is 0.0723. The number of nitrogens with zero attached hydrogens (tertiary/aromatic N) is 2. The molecule has 23 heavy (non-hydrogen) atoms. The molecule has 0 bridgehead atoms. The first-order chi connectivity index (χ1) is 11.2. The maximum Gasteiger partial charge on any atom is 0.266 e. The maximum absolute atomic E-state index is 13.1. The molecule has 1 heterocycles. The van der Waals surface area contributed by atoms with Crippen molar-refractivity contribution in [2.75, 3.05) is 7.05 Å². The predicted molar refractivity (Wildman–Crippen MR) is 95.9 cm³/mol. The molecule has 0 atom stereocenters. The Morgan fingerprint density at radius 3 is 2.43 bits per heavy atom. The van der Waals surface area contributed by atoms with E-state index in [0.717, 1.165) is 34.0 Å². The number of benzene rings is 1. The van der Waals surface area contributed by atoms with Gasteiger partial charge in [0.25, 0.3) is 5.91 Å². The number of carbonyl (C=O) groups excluding carboxylic acids is 1. The van der Waals surface area contributed by atoms with Gasteiger partial charge in [-0.3, -0.25) is 4.79 Å². The van der Waals surface area contributed by atoms with Gasteiger partial charge in [0, 0.05) is 18.7 Å². The first kappa shape index (κ1) is 16.2. The summed E-state index contributed by atoms with van der Waals surface area (Å²) in [6.07, 6.45) is 7.31. The Morgan fingerprint density at radius 1 is 1.13 bits per heavy atom. The Labute approximate surface area is 142 Å². The van der Waals surface area contributed by atoms with Gasteiger partial charge in [-0.05, 0) is 19.8 Å². The molecule has 0 radical (unpaired) electrons. The second kappa shape index (κ2) is 7.26. The van der Waals surface area contributed by atoms with Crippen LogP contribution in [0.4, 0.5) is 0 Å². The van der Waals surface area contributed by atoms with Crippen LogP contribution in [0, 0.1) is 6.92 Å². The van der Waals surface area contributed by atoms with Crippen LogP contribution in [0.5, 0.6) is 0 Å². The standard InChI is InChI=1S/C19H24N2OS/c1-14-20-17(15-10-6-5-7-11-15)18(23-14)19(22)21(2)16-12-8-3-4-9-13-16/h5-7,10-11,16H,3-4,8-9,12-13H2,1-2H3. The van der Waals surface area contributed by atoms with Crippen molar-refractivity contribution in [3.63, 3.8) is 0 Å². The Hall–Kier alpha value is -1.68. The lowest BCUT2D eigenvalue weighted by atomic mass is 10.1. The van der Waals surface area contributed by atoms with Gasteiger partial charge in [-0.25, -0.2) is 4.98 Å². The minimum absolute atomic E-state index is 0.126. The van der Waals surface area contributed by atoms with Crippen LogP contribution in [-0.2, 0) is 0 Å². The molecular weight excluding hydrogens is 304 g/mol. The van der Waals surface area contributed by atoms with Crippen LogP contribution in [0.2, 0.25) is 0 Å². The van der Waals surface area contributed by atoms with Gasteiger partial charge < -0.3 is 4.90 Å². The molecule has 0 spiro atoms. The van der Waals surface area contributed by atoms with Gasteiger partial charge in [0.05, 0.1) is 10.7 Å². The van der Waals surface area contributed by atoms with E-state index >= 15 is 0 Å². The van der Waals surface area contributed by atoms with E-state index in [-0.39, 0.29) is 5.91 Å². The quantitative estimate of drug-likeness (QED) is 0.750. The van der Waals surface area contributed by atoms with Crippen molar-refractivity contribution in [3.8, 4) is 11.3 Å². The minimum atomic E-state index is 0.126. The highest BCUT2D eigenvalue weighted by Crippen LogP contribution is 2.30. The zero-order chi connectivity index (χ0) is 16.2. The first-order valence-electron chi connectivity index (χ1n) is 8.47. The van der Waals surface area contributed by atoms with Crippen molar-refractivity contribution in [3.05, 3.63) is 40.2 Å². The molecule has 1 saturated carbocycles. The smallest absolute Gasteiger partial charge is 0.266 e. The van der Waals surface area contributed by atoms with E-state index in [2.05, 4.69) is 4.98 Å². The molecule has 0 N–H and O–H groups in total. The number of rotatable bonds is 3. The zero-order valence-electron chi connectivity index (χ0n) is 13.9. The summed E-state index contributed by atoms with van der Waals surface area (Å²) in [5.41, 5.74) is 1.85. The summed E-state index contributed by atoms with van der Waals surface area (Å²) >= 11 is 1.51. The van der Waals surface area contributed by atoms with Gasteiger partial charge in [-0.2, -0.15) is 0 Å². The van der Waals surface area contributed by atoms with E-state index in [0.29, 0.717) is 6.04 Å². The molecule has 1 aromatic carbocycles. The van der Waals surface area contributed by atoms with Crippen LogP contribution in [0.3, 0.4) is 0 Å². The molecule has 1 aromatic heterocycles. The second-order valence-corrected chi connectivity index (χ2v) is 7.54. The van der Waals surface area contributed by atoms with Crippen molar-refractivity contribution in [1.82, 2.24) is 9.88 Å². The van der Waals surface area contributed by atoms with E-state index in [9.17, 15) is 4.79 Å². The number of hydrogen-bond donors (Lipinski definition) is 0. The summed E-state index contributed by atoms with van der Waals surface area (Å²) in [6, 6.07) is 10.4. The van der Waals surface area contributed by atoms with Crippen LogP contribution >= 0.6 is 11.3 Å². The number of amides is 1. The molecule has 3 nitrogen and oxygen atoms in total. The van der Waals surface area contributed by atoms with E-state index in [4.69, 9.17) is 0 Å². The van der Waals surface area contributed by atoms with E-state index in [1.807, 2.05) is 49.2 Å².